The minimum atomic E-state index is -4.29. The van der Waals surface area contributed by atoms with E-state index in [4.69, 9.17) is 0 Å². The minimum Gasteiger partial charge on any atom is -0.358 e. The average molecular weight is 242 g/mol. The molecular weight excluding hydrogens is 229 g/mol. The van der Waals surface area contributed by atoms with Crippen molar-refractivity contribution in [2.75, 3.05) is 20.1 Å². The van der Waals surface area contributed by atoms with Crippen LogP contribution in [0.25, 0.3) is 0 Å². The van der Waals surface area contributed by atoms with E-state index in [0.717, 1.165) is 24.0 Å². The molecule has 92 valence electrons. The number of rotatable bonds is 1. The zero-order valence-corrected chi connectivity index (χ0v) is 9.67. The Morgan fingerprint density at radius 3 is 2.47 bits per heavy atom. The van der Waals surface area contributed by atoms with Crippen LogP contribution in [0.15, 0.2) is 23.2 Å². The lowest BCUT2D eigenvalue weighted by molar-refractivity contribution is -0.137. The van der Waals surface area contributed by atoms with Crippen molar-refractivity contribution in [2.45, 2.75) is 13.1 Å². The van der Waals surface area contributed by atoms with Crippen LogP contribution in [0.4, 0.5) is 13.2 Å². The van der Waals surface area contributed by atoms with Crippen LogP contribution in [-0.4, -0.2) is 30.9 Å². The third kappa shape index (κ3) is 2.28. The number of amidine groups is 1. The van der Waals surface area contributed by atoms with Crippen molar-refractivity contribution in [1.29, 1.82) is 0 Å². The average Bonchev–Trinajstić information content (AvgIpc) is 2.63. The predicted octanol–water partition coefficient (Wildman–Crippen LogP) is 2.71. The highest BCUT2D eigenvalue weighted by Crippen LogP contribution is 2.30. The van der Waals surface area contributed by atoms with Crippen LogP contribution < -0.4 is 0 Å². The molecule has 1 aromatic carbocycles. The topological polar surface area (TPSA) is 15.6 Å². The summed E-state index contributed by atoms with van der Waals surface area (Å²) in [5.74, 6) is 0.774. The summed E-state index contributed by atoms with van der Waals surface area (Å²) < 4.78 is 37.5. The van der Waals surface area contributed by atoms with E-state index in [1.807, 2.05) is 11.9 Å². The summed E-state index contributed by atoms with van der Waals surface area (Å²) in [6, 6.07) is 3.78. The second-order valence-corrected chi connectivity index (χ2v) is 4.15. The van der Waals surface area contributed by atoms with Crippen LogP contribution in [0.2, 0.25) is 0 Å². The maximum absolute atomic E-state index is 12.5. The summed E-state index contributed by atoms with van der Waals surface area (Å²) >= 11 is 0. The Kier molecular flexibility index (Phi) is 2.85. The molecule has 0 fully saturated rings. The van der Waals surface area contributed by atoms with E-state index < -0.39 is 11.7 Å². The largest absolute Gasteiger partial charge is 0.416 e. The Morgan fingerprint density at radius 2 is 2.00 bits per heavy atom. The third-order valence-electron chi connectivity index (χ3n) is 2.85. The first kappa shape index (κ1) is 12.0. The van der Waals surface area contributed by atoms with E-state index in [0.29, 0.717) is 12.1 Å². The van der Waals surface area contributed by atoms with Crippen molar-refractivity contribution >= 4 is 5.84 Å². The summed E-state index contributed by atoms with van der Waals surface area (Å²) in [5.41, 5.74) is 0.769. The van der Waals surface area contributed by atoms with Crippen molar-refractivity contribution in [3.63, 3.8) is 0 Å². The van der Waals surface area contributed by atoms with Crippen LogP contribution in [0.5, 0.6) is 0 Å². The van der Waals surface area contributed by atoms with Gasteiger partial charge in [0.15, 0.2) is 0 Å². The fourth-order valence-corrected chi connectivity index (χ4v) is 1.91. The molecular formula is C12H13F3N2. The smallest absolute Gasteiger partial charge is 0.358 e. The molecule has 0 N–H and O–H groups in total. The second kappa shape index (κ2) is 4.05. The van der Waals surface area contributed by atoms with Gasteiger partial charge in [0.25, 0.3) is 0 Å². The van der Waals surface area contributed by atoms with E-state index in [-0.39, 0.29) is 0 Å². The summed E-state index contributed by atoms with van der Waals surface area (Å²) in [4.78, 5) is 6.25. The number of aryl methyl sites for hydroxylation is 1. The van der Waals surface area contributed by atoms with Gasteiger partial charge in [0.2, 0.25) is 0 Å². The van der Waals surface area contributed by atoms with Crippen LogP contribution in [0, 0.1) is 6.92 Å². The Morgan fingerprint density at radius 1 is 1.29 bits per heavy atom. The van der Waals surface area contributed by atoms with Crippen molar-refractivity contribution in [3.8, 4) is 0 Å². The molecule has 0 amide bonds. The molecule has 0 radical (unpaired) electrons. The molecule has 17 heavy (non-hydrogen) atoms. The van der Waals surface area contributed by atoms with Gasteiger partial charge in [0, 0.05) is 19.2 Å². The van der Waals surface area contributed by atoms with Gasteiger partial charge >= 0.3 is 6.18 Å². The number of likely N-dealkylation sites (N-methyl/N-ethyl adjacent to an activating group) is 1. The molecule has 0 aromatic heterocycles. The Hall–Kier alpha value is -1.52. The van der Waals surface area contributed by atoms with Crippen molar-refractivity contribution in [3.05, 3.63) is 34.9 Å². The first-order valence-corrected chi connectivity index (χ1v) is 5.33. The van der Waals surface area contributed by atoms with Crippen LogP contribution >= 0.6 is 0 Å². The van der Waals surface area contributed by atoms with E-state index in [9.17, 15) is 13.2 Å². The van der Waals surface area contributed by atoms with Gasteiger partial charge < -0.3 is 4.90 Å². The highest BCUT2D eigenvalue weighted by Gasteiger charge is 2.31. The molecule has 2 nitrogen and oxygen atoms in total. The summed E-state index contributed by atoms with van der Waals surface area (Å²) in [5, 5.41) is 0. The molecule has 0 aliphatic carbocycles. The standard InChI is InChI=1S/C12H13F3N2/c1-8-7-9(12(13,14)15)3-4-10(8)11-16-5-6-17(11)2/h3-4,7H,5-6H2,1-2H3. The number of halogens is 3. The number of aliphatic imine (C=N–C) groups is 1. The van der Waals surface area contributed by atoms with Gasteiger partial charge in [-0.2, -0.15) is 13.2 Å². The molecule has 0 atom stereocenters. The fourth-order valence-electron chi connectivity index (χ4n) is 1.91. The van der Waals surface area contributed by atoms with Gasteiger partial charge in [0.1, 0.15) is 5.84 Å². The summed E-state index contributed by atoms with van der Waals surface area (Å²) in [6.07, 6.45) is -4.29. The number of hydrogen-bond acceptors (Lipinski definition) is 2. The molecule has 0 saturated heterocycles. The zero-order chi connectivity index (χ0) is 12.6. The molecule has 1 aliphatic rings. The molecule has 1 aliphatic heterocycles. The monoisotopic (exact) mass is 242 g/mol. The van der Waals surface area contributed by atoms with Gasteiger partial charge in [-0.25, -0.2) is 0 Å². The first-order valence-electron chi connectivity index (χ1n) is 5.33. The molecule has 1 aromatic rings. The summed E-state index contributed by atoms with van der Waals surface area (Å²) in [6.45, 7) is 3.20. The van der Waals surface area contributed by atoms with Crippen molar-refractivity contribution < 1.29 is 13.2 Å². The van der Waals surface area contributed by atoms with E-state index in [1.54, 1.807) is 6.92 Å². The zero-order valence-electron chi connectivity index (χ0n) is 9.67. The lowest BCUT2D eigenvalue weighted by atomic mass is 10.0. The molecule has 5 heteroatoms. The highest BCUT2D eigenvalue weighted by molar-refractivity contribution is 6.00. The van der Waals surface area contributed by atoms with Crippen LogP contribution in [0.1, 0.15) is 16.7 Å². The lowest BCUT2D eigenvalue weighted by Gasteiger charge is -2.17. The number of hydrogen-bond donors (Lipinski definition) is 0. The Balaban J connectivity index is 2.39. The lowest BCUT2D eigenvalue weighted by Crippen LogP contribution is -2.24. The van der Waals surface area contributed by atoms with Crippen molar-refractivity contribution in [2.24, 2.45) is 4.99 Å². The Bertz CT molecular complexity index is 463. The van der Waals surface area contributed by atoms with E-state index >= 15 is 0 Å². The predicted molar refractivity (Wildman–Crippen MR) is 60.2 cm³/mol. The fraction of sp³-hybridized carbons (Fsp3) is 0.417. The molecule has 2 rings (SSSR count). The van der Waals surface area contributed by atoms with Gasteiger partial charge in [-0.05, 0) is 24.6 Å². The van der Waals surface area contributed by atoms with E-state index in [2.05, 4.69) is 4.99 Å². The molecule has 0 saturated carbocycles. The van der Waals surface area contributed by atoms with Gasteiger partial charge in [-0.1, -0.05) is 6.07 Å². The maximum atomic E-state index is 12.5. The summed E-state index contributed by atoms with van der Waals surface area (Å²) in [7, 11) is 1.89. The van der Waals surface area contributed by atoms with Gasteiger partial charge in [-0.15, -0.1) is 0 Å². The van der Waals surface area contributed by atoms with Gasteiger partial charge in [0.05, 0.1) is 12.1 Å². The molecule has 1 heterocycles. The SMILES string of the molecule is Cc1cc(C(F)(F)F)ccc1C1=NCCN1C. The number of benzene rings is 1. The molecule has 0 spiro atoms. The Labute approximate surface area is 97.8 Å². The minimum absolute atomic E-state index is 0.604. The maximum Gasteiger partial charge on any atom is 0.416 e. The second-order valence-electron chi connectivity index (χ2n) is 4.15. The van der Waals surface area contributed by atoms with E-state index in [1.165, 1.54) is 12.1 Å². The highest BCUT2D eigenvalue weighted by atomic mass is 19.4. The molecule has 0 bridgehead atoms. The van der Waals surface area contributed by atoms with Crippen LogP contribution in [-0.2, 0) is 6.18 Å². The first-order chi connectivity index (χ1) is 7.89. The number of alkyl halides is 3. The normalized spacial score (nSPS) is 16.3. The quantitative estimate of drug-likeness (QED) is 0.739. The molecule has 0 unspecified atom stereocenters. The number of nitrogens with zero attached hydrogens (tertiary/aromatic N) is 2. The third-order valence-corrected chi connectivity index (χ3v) is 2.85. The van der Waals surface area contributed by atoms with Gasteiger partial charge in [-0.3, -0.25) is 4.99 Å². The van der Waals surface area contributed by atoms with Crippen molar-refractivity contribution in [1.82, 2.24) is 4.90 Å². The van der Waals surface area contributed by atoms with Crippen LogP contribution in [0.3, 0.4) is 0 Å².